The number of aromatic nitrogens is 9. The van der Waals surface area contributed by atoms with Crippen LogP contribution in [0.3, 0.4) is 0 Å². The lowest BCUT2D eigenvalue weighted by Gasteiger charge is -2.21. The molecule has 0 saturated heterocycles. The van der Waals surface area contributed by atoms with Crippen LogP contribution in [0, 0.1) is 3.57 Å². The highest BCUT2D eigenvalue weighted by Crippen LogP contribution is 2.40. The molecule has 520 valence electrons. The number of H-pyrrole nitrogens is 1. The number of halogens is 12. The van der Waals surface area contributed by atoms with Crippen LogP contribution in [-0.2, 0) is 34.8 Å². The molecule has 23 nitrogen and oxygen atoms in total. The summed E-state index contributed by atoms with van der Waals surface area (Å²) in [6.45, 7) is 5.15. The first kappa shape index (κ1) is 74.8. The van der Waals surface area contributed by atoms with E-state index in [0.717, 1.165) is 50.1 Å². The normalized spacial score (nSPS) is 11.9. The zero-order chi connectivity index (χ0) is 72.4. The van der Waals surface area contributed by atoms with E-state index in [4.69, 9.17) is 80.4 Å². The number of anilines is 1. The minimum atomic E-state index is -3.76. The van der Waals surface area contributed by atoms with Crippen molar-refractivity contribution in [3.05, 3.63) is 187 Å². The Bertz CT molecular complexity index is 5540. The van der Waals surface area contributed by atoms with Gasteiger partial charge in [0.1, 0.15) is 31.4 Å². The van der Waals surface area contributed by atoms with E-state index >= 15 is 0 Å². The number of hydrogen-bond donors (Lipinski definition) is 2. The van der Waals surface area contributed by atoms with Crippen molar-refractivity contribution in [2.75, 3.05) is 23.5 Å². The topological polar surface area (TPSA) is 305 Å². The molecule has 0 unspecified atom stereocenters. The molecule has 0 spiro atoms. The number of fused-ring (bicyclic) bond motifs is 4. The number of nitrogens with one attached hydrogen (secondary N) is 2. The molecule has 2 N–H and O–H groups in total. The van der Waals surface area contributed by atoms with E-state index in [2.05, 4.69) is 34.6 Å². The highest BCUT2D eigenvalue weighted by molar-refractivity contribution is 14.1. The number of nitrogens with zero attached hydrogens (tertiary/aromatic N) is 8. The second kappa shape index (κ2) is 30.2. The van der Waals surface area contributed by atoms with Gasteiger partial charge in [-0.25, -0.2) is 93.8 Å². The minimum Gasteiger partial charge on any atom is -0.463 e. The lowest BCUT2D eigenvalue weighted by Crippen LogP contribution is -2.27. The number of furan rings is 4. The molecule has 0 amide bonds. The summed E-state index contributed by atoms with van der Waals surface area (Å²) >= 11 is 30.9. The largest absolute Gasteiger partial charge is 0.463 e. The summed E-state index contributed by atoms with van der Waals surface area (Å²) in [5, 5.41) is 3.47. The number of aldehydes is 1. The first-order valence-electron chi connectivity index (χ1n) is 27.6. The van der Waals surface area contributed by atoms with E-state index in [0.29, 0.717) is 70.4 Å². The molecule has 13 heterocycles. The van der Waals surface area contributed by atoms with Crippen LogP contribution in [-0.4, -0.2) is 104 Å². The standard InChI is InChI=1S/C17H15ClF2N2O3.C13H9ClF2N2O3S.C13H9ClN2O4S.C12H7ClF2N2O.C6H6ClIN2O2S/c1-17(2,3)25-16(23)22-11-7-13(18)21-8-9(11)6-12(22)10-4-5-24-14(10)15(19)20;1-22(19,20)18-9-5-11(14)17-6-7(9)4-10(18)8-2-3-21-12(8)13(15)16;1-21(18,19)16-10-5-13(14)15-6-8(10)4-11(16)9-2-3-20-12(9)7-17;13-10-4-8-6(5-16-10)3-9(17-8)7-1-2-18-11(7)12(14)15;1-13(11,12)10-5-2-6(7)9-3-4(5)8/h4-8,15H,1-3H3;2-6,13H,1H3;2-7H,1H3;1-5,12,17H;2-3H,1H3,(H,9,10). The van der Waals surface area contributed by atoms with E-state index in [1.54, 1.807) is 51.2 Å². The number of pyridine rings is 5. The summed E-state index contributed by atoms with van der Waals surface area (Å²) < 4.78 is 179. The molecule has 0 aromatic carbocycles. The van der Waals surface area contributed by atoms with Crippen LogP contribution in [0.15, 0.2) is 153 Å². The second-order valence-electron chi connectivity index (χ2n) is 21.6. The smallest absolute Gasteiger partial charge is 0.419 e. The summed E-state index contributed by atoms with van der Waals surface area (Å²) in [5.74, 6) is -1.40. The monoisotopic (exact) mass is 1640 g/mol. The average Bonchev–Trinajstić information content (AvgIpc) is 1.62. The van der Waals surface area contributed by atoms with E-state index < -0.39 is 72.6 Å². The number of alkyl halides is 6. The van der Waals surface area contributed by atoms with Crippen LogP contribution in [0.5, 0.6) is 0 Å². The van der Waals surface area contributed by atoms with Crippen molar-refractivity contribution in [1.29, 1.82) is 0 Å². The summed E-state index contributed by atoms with van der Waals surface area (Å²) in [4.78, 5) is 46.2. The van der Waals surface area contributed by atoms with Gasteiger partial charge in [-0.3, -0.25) is 9.52 Å². The summed E-state index contributed by atoms with van der Waals surface area (Å²) in [6.07, 6.45) is 6.83. The third kappa shape index (κ3) is 17.8. The molecule has 0 bridgehead atoms. The van der Waals surface area contributed by atoms with Crippen molar-refractivity contribution in [2.24, 2.45) is 0 Å². The van der Waals surface area contributed by atoms with Crippen molar-refractivity contribution >= 4 is 172 Å². The Labute approximate surface area is 595 Å². The van der Waals surface area contributed by atoms with Gasteiger partial charge in [0.25, 0.3) is 19.3 Å². The third-order valence-electron chi connectivity index (χ3n) is 13.3. The van der Waals surface area contributed by atoms with E-state index in [-0.39, 0.29) is 60.2 Å². The molecule has 38 heteroatoms. The quantitative estimate of drug-likeness (QED) is 0.0497. The molecule has 0 fully saturated rings. The molecular weight excluding hydrogens is 1600 g/mol. The number of carbonyl (C=O) groups is 2. The molecule has 0 atom stereocenters. The van der Waals surface area contributed by atoms with Gasteiger partial charge in [0, 0.05) is 99.0 Å². The van der Waals surface area contributed by atoms with Crippen molar-refractivity contribution in [3.8, 4) is 45.0 Å². The Kier molecular flexibility index (Phi) is 22.8. The lowest BCUT2D eigenvalue weighted by molar-refractivity contribution is 0.0546. The van der Waals surface area contributed by atoms with Gasteiger partial charge >= 0.3 is 6.09 Å². The van der Waals surface area contributed by atoms with Crippen LogP contribution in [0.2, 0.25) is 25.8 Å². The first-order valence-corrected chi connectivity index (χ1v) is 36.2. The fraction of sp³-hybridized carbons (Fsp3) is 0.164. The number of carbonyl (C=O) groups excluding carboxylic acids is 2. The van der Waals surface area contributed by atoms with Gasteiger partial charge in [-0.2, -0.15) is 0 Å². The Balaban J connectivity index is 0.000000147. The fourth-order valence-electron chi connectivity index (χ4n) is 9.55. The molecular formula is C61H46Cl5F6IN10O13S3. The van der Waals surface area contributed by atoms with Crippen LogP contribution in [0.1, 0.15) is 67.9 Å². The summed E-state index contributed by atoms with van der Waals surface area (Å²) in [6, 6.07) is 19.5. The average molecular weight is 1640 g/mol. The van der Waals surface area contributed by atoms with Crippen molar-refractivity contribution in [3.63, 3.8) is 0 Å². The Morgan fingerprint density at radius 2 is 0.939 bits per heavy atom. The molecule has 0 radical (unpaired) electrons. The maximum absolute atomic E-state index is 13.2. The number of ether oxygens (including phenoxy) is 1. The van der Waals surface area contributed by atoms with E-state index in [9.17, 15) is 61.2 Å². The molecule has 99 heavy (non-hydrogen) atoms. The maximum atomic E-state index is 13.2. The molecule has 0 saturated carbocycles. The zero-order valence-electron chi connectivity index (χ0n) is 51.2. The van der Waals surface area contributed by atoms with Gasteiger partial charge in [-0.15, -0.1) is 0 Å². The van der Waals surface area contributed by atoms with E-state index in [1.807, 2.05) is 22.6 Å². The second-order valence-corrected chi connectivity index (χ2v) is 30.1. The van der Waals surface area contributed by atoms with Crippen LogP contribution < -0.4 is 4.72 Å². The molecule has 13 rings (SSSR count). The lowest BCUT2D eigenvalue weighted by atomic mass is 10.2. The van der Waals surface area contributed by atoms with Crippen molar-refractivity contribution in [1.82, 2.24) is 42.4 Å². The molecule has 0 aliphatic carbocycles. The van der Waals surface area contributed by atoms with Crippen molar-refractivity contribution in [2.45, 2.75) is 45.6 Å². The third-order valence-corrected chi connectivity index (χ3v) is 17.9. The van der Waals surface area contributed by atoms with Gasteiger partial charge in [-0.1, -0.05) is 58.0 Å². The van der Waals surface area contributed by atoms with Gasteiger partial charge < -0.3 is 27.4 Å². The van der Waals surface area contributed by atoms with E-state index in [1.165, 1.54) is 96.5 Å². The van der Waals surface area contributed by atoms with Gasteiger partial charge in [-0.05, 0) is 98.0 Å². The minimum absolute atomic E-state index is 0.00717. The summed E-state index contributed by atoms with van der Waals surface area (Å²) in [5.41, 5.74) is 3.52. The number of aromatic amines is 1. The molecule has 13 aromatic heterocycles. The molecule has 0 aliphatic heterocycles. The number of hydrogen-bond acceptors (Lipinski definition) is 18. The van der Waals surface area contributed by atoms with Gasteiger partial charge in [0.15, 0.2) is 29.3 Å². The van der Waals surface area contributed by atoms with Crippen LogP contribution >= 0.6 is 80.6 Å². The highest BCUT2D eigenvalue weighted by atomic mass is 127. The Hall–Kier alpha value is -8.42. The SMILES string of the molecule is CC(C)(C)OC(=O)n1c(-c2ccoc2C(F)F)cc2cnc(Cl)cc21.CS(=O)(=O)Nc1cc(Cl)ncc1I.CS(=O)(=O)n1c(-c2ccoc2C(F)F)cc2cnc(Cl)cc21.CS(=O)(=O)n1c(-c2ccoc2C=O)cc2cnc(Cl)cc21.FC(F)c1occc1-c1cc2cnc(Cl)cc2[nH]1. The fourth-order valence-corrected chi connectivity index (χ4v) is 13.6. The van der Waals surface area contributed by atoms with Crippen molar-refractivity contribution < 1.29 is 83.6 Å². The molecule has 13 aromatic rings. The van der Waals surface area contributed by atoms with Gasteiger partial charge in [0.05, 0.1) is 97.9 Å². The van der Waals surface area contributed by atoms with Crippen LogP contribution in [0.25, 0.3) is 88.6 Å². The highest BCUT2D eigenvalue weighted by Gasteiger charge is 2.29. The molecule has 0 aliphatic rings. The Morgan fingerprint density at radius 3 is 1.41 bits per heavy atom. The maximum Gasteiger partial charge on any atom is 0.419 e. The zero-order valence-corrected chi connectivity index (χ0v) is 59.5. The summed E-state index contributed by atoms with van der Waals surface area (Å²) in [7, 11) is -10.6. The number of sulfonamides is 1. The predicted molar refractivity (Wildman–Crippen MR) is 369 cm³/mol. The van der Waals surface area contributed by atoms with Gasteiger partial charge in [0.2, 0.25) is 30.1 Å². The predicted octanol–water partition coefficient (Wildman–Crippen LogP) is 18.1. The number of rotatable bonds is 12. The first-order chi connectivity index (χ1) is 46.4. The van der Waals surface area contributed by atoms with Crippen LogP contribution in [0.4, 0.5) is 36.8 Å². The Morgan fingerprint density at radius 1 is 0.545 bits per heavy atom.